The second kappa shape index (κ2) is 13.0. The molecule has 28 heavy (non-hydrogen) atoms. The molecule has 2 rings (SSSR count). The normalized spacial score (nSPS) is 12.4. The van der Waals surface area contributed by atoms with E-state index >= 15 is 0 Å². The fourth-order valence-corrected chi connectivity index (χ4v) is 2.88. The zero-order chi connectivity index (χ0) is 19.6. The minimum absolute atomic E-state index is 0. The van der Waals surface area contributed by atoms with Crippen molar-refractivity contribution in [1.29, 1.82) is 0 Å². The van der Waals surface area contributed by atoms with Gasteiger partial charge in [0.15, 0.2) is 11.8 Å². The molecular formula is C20H32ClIN6. The minimum Gasteiger partial charge on any atom is -0.356 e. The number of hydrogen-bond donors (Lipinski definition) is 2. The van der Waals surface area contributed by atoms with Crippen LogP contribution < -0.4 is 10.6 Å². The summed E-state index contributed by atoms with van der Waals surface area (Å²) in [6.45, 7) is 8.53. The van der Waals surface area contributed by atoms with Crippen LogP contribution in [0, 0.1) is 6.92 Å². The first-order chi connectivity index (χ1) is 13.0. The Hall–Kier alpha value is -1.35. The molecule has 0 radical (unpaired) electrons. The molecular weight excluding hydrogens is 487 g/mol. The summed E-state index contributed by atoms with van der Waals surface area (Å²) in [6.07, 6.45) is 3.29. The highest BCUT2D eigenvalue weighted by molar-refractivity contribution is 14.0. The van der Waals surface area contributed by atoms with Crippen LogP contribution in [0.5, 0.6) is 0 Å². The Labute approximate surface area is 190 Å². The number of guanidine groups is 1. The zero-order valence-electron chi connectivity index (χ0n) is 17.2. The molecule has 1 atom stereocenters. The molecule has 2 aromatic rings. The number of nitrogens with one attached hydrogen (secondary N) is 2. The predicted octanol–water partition coefficient (Wildman–Crippen LogP) is 4.42. The average molecular weight is 519 g/mol. The van der Waals surface area contributed by atoms with Gasteiger partial charge in [0.2, 0.25) is 0 Å². The summed E-state index contributed by atoms with van der Waals surface area (Å²) in [6, 6.07) is 8.10. The molecule has 1 aromatic heterocycles. The van der Waals surface area contributed by atoms with E-state index in [9.17, 15) is 0 Å². The third kappa shape index (κ3) is 7.58. The second-order valence-corrected chi connectivity index (χ2v) is 7.14. The Balaban J connectivity index is 0.00000392. The van der Waals surface area contributed by atoms with Crippen molar-refractivity contribution in [3.05, 3.63) is 46.5 Å². The van der Waals surface area contributed by atoms with Gasteiger partial charge in [-0.1, -0.05) is 44.0 Å². The molecule has 6 nitrogen and oxygen atoms in total. The standard InChI is InChI=1S/C20H31ClN6.HI/c1-5-7-12-22-20(24-14-19-26-25-15(3)27(19)4)23-13-16(6-2)17-8-10-18(21)11-9-17;/h8-11,16H,5-7,12-14H2,1-4H3,(H2,22,23,24);1H. The molecule has 0 aliphatic carbocycles. The topological polar surface area (TPSA) is 67.1 Å². The van der Waals surface area contributed by atoms with E-state index in [-0.39, 0.29) is 24.0 Å². The lowest BCUT2D eigenvalue weighted by Gasteiger charge is -2.19. The number of aliphatic imine (C=N–C) groups is 1. The Morgan fingerprint density at radius 1 is 1.18 bits per heavy atom. The van der Waals surface area contributed by atoms with E-state index in [0.717, 1.165) is 55.0 Å². The molecule has 1 aromatic carbocycles. The maximum absolute atomic E-state index is 6.01. The van der Waals surface area contributed by atoms with E-state index < -0.39 is 0 Å². The number of nitrogens with zero attached hydrogens (tertiary/aromatic N) is 4. The predicted molar refractivity (Wildman–Crippen MR) is 128 cm³/mol. The molecule has 0 spiro atoms. The van der Waals surface area contributed by atoms with Crippen LogP contribution in [-0.4, -0.2) is 33.8 Å². The van der Waals surface area contributed by atoms with Gasteiger partial charge in [-0.25, -0.2) is 4.99 Å². The number of aryl methyl sites for hydroxylation is 1. The number of halogens is 2. The van der Waals surface area contributed by atoms with Gasteiger partial charge in [-0.05, 0) is 37.5 Å². The Kier molecular flexibility index (Phi) is 11.4. The van der Waals surface area contributed by atoms with Crippen molar-refractivity contribution in [3.8, 4) is 0 Å². The van der Waals surface area contributed by atoms with E-state index in [2.05, 4.69) is 46.8 Å². The van der Waals surface area contributed by atoms with E-state index in [4.69, 9.17) is 16.6 Å². The zero-order valence-corrected chi connectivity index (χ0v) is 20.3. The quantitative estimate of drug-likeness (QED) is 0.223. The van der Waals surface area contributed by atoms with Gasteiger partial charge in [0.25, 0.3) is 0 Å². The summed E-state index contributed by atoms with van der Waals surface area (Å²) >= 11 is 6.01. The summed E-state index contributed by atoms with van der Waals surface area (Å²) < 4.78 is 1.97. The molecule has 0 amide bonds. The summed E-state index contributed by atoms with van der Waals surface area (Å²) in [5, 5.41) is 16.0. The summed E-state index contributed by atoms with van der Waals surface area (Å²) in [5.74, 6) is 2.96. The lowest BCUT2D eigenvalue weighted by molar-refractivity contribution is 0.624. The van der Waals surface area contributed by atoms with Gasteiger partial charge in [0.1, 0.15) is 12.4 Å². The molecule has 0 saturated carbocycles. The van der Waals surface area contributed by atoms with Crippen molar-refractivity contribution in [2.45, 2.75) is 52.5 Å². The maximum atomic E-state index is 6.01. The van der Waals surface area contributed by atoms with Crippen molar-refractivity contribution in [2.75, 3.05) is 13.1 Å². The molecule has 1 unspecified atom stereocenters. The first kappa shape index (κ1) is 24.7. The van der Waals surface area contributed by atoms with Gasteiger partial charge in [-0.3, -0.25) is 0 Å². The van der Waals surface area contributed by atoms with Crippen LogP contribution in [-0.2, 0) is 13.6 Å². The van der Waals surface area contributed by atoms with Crippen LogP contribution in [0.3, 0.4) is 0 Å². The molecule has 1 heterocycles. The van der Waals surface area contributed by atoms with Crippen molar-refractivity contribution in [2.24, 2.45) is 12.0 Å². The third-order valence-corrected chi connectivity index (χ3v) is 4.99. The summed E-state index contributed by atoms with van der Waals surface area (Å²) in [7, 11) is 1.96. The number of hydrogen-bond acceptors (Lipinski definition) is 3. The maximum Gasteiger partial charge on any atom is 0.191 e. The van der Waals surface area contributed by atoms with Crippen LogP contribution in [0.1, 0.15) is 56.2 Å². The van der Waals surface area contributed by atoms with Crippen LogP contribution in [0.15, 0.2) is 29.3 Å². The van der Waals surface area contributed by atoms with Crippen molar-refractivity contribution < 1.29 is 0 Å². The molecule has 8 heteroatoms. The summed E-state index contributed by atoms with van der Waals surface area (Å²) in [5.41, 5.74) is 1.28. The minimum atomic E-state index is 0. The van der Waals surface area contributed by atoms with E-state index in [1.54, 1.807) is 0 Å². The number of aromatic nitrogens is 3. The van der Waals surface area contributed by atoms with Crippen LogP contribution >= 0.6 is 35.6 Å². The van der Waals surface area contributed by atoms with Gasteiger partial charge < -0.3 is 15.2 Å². The molecule has 0 saturated heterocycles. The summed E-state index contributed by atoms with van der Waals surface area (Å²) in [4.78, 5) is 4.70. The van der Waals surface area contributed by atoms with Crippen LogP contribution in [0.25, 0.3) is 0 Å². The molecule has 0 bridgehead atoms. The smallest absolute Gasteiger partial charge is 0.191 e. The second-order valence-electron chi connectivity index (χ2n) is 6.71. The van der Waals surface area contributed by atoms with Crippen LogP contribution in [0.2, 0.25) is 5.02 Å². The number of benzene rings is 1. The highest BCUT2D eigenvalue weighted by Crippen LogP contribution is 2.20. The van der Waals surface area contributed by atoms with Gasteiger partial charge in [0, 0.05) is 31.1 Å². The highest BCUT2D eigenvalue weighted by Gasteiger charge is 2.11. The first-order valence-corrected chi connectivity index (χ1v) is 10.0. The van der Waals surface area contributed by atoms with Gasteiger partial charge in [0.05, 0.1) is 0 Å². The third-order valence-electron chi connectivity index (χ3n) is 4.73. The van der Waals surface area contributed by atoms with Gasteiger partial charge >= 0.3 is 0 Å². The number of unbranched alkanes of at least 4 members (excludes halogenated alkanes) is 1. The van der Waals surface area contributed by atoms with Gasteiger partial charge in [-0.15, -0.1) is 34.2 Å². The number of rotatable bonds is 9. The van der Waals surface area contributed by atoms with E-state index in [1.165, 1.54) is 5.56 Å². The van der Waals surface area contributed by atoms with Crippen molar-refractivity contribution in [3.63, 3.8) is 0 Å². The molecule has 0 aliphatic rings. The Morgan fingerprint density at radius 3 is 2.46 bits per heavy atom. The Bertz CT molecular complexity index is 729. The molecule has 2 N–H and O–H groups in total. The van der Waals surface area contributed by atoms with Gasteiger partial charge in [-0.2, -0.15) is 0 Å². The van der Waals surface area contributed by atoms with Crippen molar-refractivity contribution >= 4 is 41.5 Å². The molecule has 0 fully saturated rings. The molecule has 156 valence electrons. The molecule has 0 aliphatic heterocycles. The fraction of sp³-hybridized carbons (Fsp3) is 0.550. The fourth-order valence-electron chi connectivity index (χ4n) is 2.75. The van der Waals surface area contributed by atoms with Crippen LogP contribution in [0.4, 0.5) is 0 Å². The largest absolute Gasteiger partial charge is 0.356 e. The lowest BCUT2D eigenvalue weighted by atomic mass is 9.96. The highest BCUT2D eigenvalue weighted by atomic mass is 127. The average Bonchev–Trinajstić information content (AvgIpc) is 2.99. The van der Waals surface area contributed by atoms with Crippen molar-refractivity contribution in [1.82, 2.24) is 25.4 Å². The van der Waals surface area contributed by atoms with E-state index in [1.807, 2.05) is 30.7 Å². The Morgan fingerprint density at radius 2 is 1.89 bits per heavy atom. The first-order valence-electron chi connectivity index (χ1n) is 9.67. The van der Waals surface area contributed by atoms with E-state index in [0.29, 0.717) is 12.5 Å². The monoisotopic (exact) mass is 518 g/mol. The SMILES string of the molecule is CCCCNC(=NCc1nnc(C)n1C)NCC(CC)c1ccc(Cl)cc1.I. The lowest BCUT2D eigenvalue weighted by Crippen LogP contribution is -2.40.